The van der Waals surface area contributed by atoms with E-state index in [4.69, 9.17) is 0 Å². The van der Waals surface area contributed by atoms with E-state index in [0.717, 1.165) is 29.8 Å². The van der Waals surface area contributed by atoms with Crippen molar-refractivity contribution in [3.8, 4) is 0 Å². The summed E-state index contributed by atoms with van der Waals surface area (Å²) in [6.07, 6.45) is 3.40. The van der Waals surface area contributed by atoms with Crippen LogP contribution in [0.1, 0.15) is 50.6 Å². The molecule has 2 aromatic heterocycles. The van der Waals surface area contributed by atoms with Crippen LogP contribution in [0.3, 0.4) is 0 Å². The number of aromatic amines is 1. The van der Waals surface area contributed by atoms with Crippen LogP contribution >= 0.6 is 0 Å². The number of H-pyrrole nitrogens is 1. The van der Waals surface area contributed by atoms with Crippen LogP contribution < -0.4 is 5.56 Å². The highest BCUT2D eigenvalue weighted by Crippen LogP contribution is 2.13. The molecule has 1 N–H and O–H groups in total. The van der Waals surface area contributed by atoms with Crippen molar-refractivity contribution < 1.29 is 0 Å². The number of rotatable bonds is 3. The number of imidazole rings is 1. The topological polar surface area (TPSA) is 50.2 Å². The Balaban J connectivity index is 2.77. The van der Waals surface area contributed by atoms with E-state index >= 15 is 0 Å². The lowest BCUT2D eigenvalue weighted by Gasteiger charge is -2.03. The molecule has 0 saturated heterocycles. The largest absolute Gasteiger partial charge is 0.327 e. The van der Waals surface area contributed by atoms with Gasteiger partial charge in [0.25, 0.3) is 5.56 Å². The van der Waals surface area contributed by atoms with Crippen LogP contribution in [-0.4, -0.2) is 14.4 Å². The highest BCUT2D eigenvalue weighted by atomic mass is 16.1. The molecule has 0 fully saturated rings. The van der Waals surface area contributed by atoms with Crippen LogP contribution in [0.2, 0.25) is 0 Å². The number of nitrogens with one attached hydrogen (secondary N) is 1. The van der Waals surface area contributed by atoms with Crippen molar-refractivity contribution in [1.82, 2.24) is 14.4 Å². The zero-order valence-corrected chi connectivity index (χ0v) is 10.9. The molecule has 0 unspecified atom stereocenters. The first-order valence-electron chi connectivity index (χ1n) is 6.21. The summed E-state index contributed by atoms with van der Waals surface area (Å²) in [7, 11) is 0. The number of fused-ring (bicyclic) bond motifs is 1. The van der Waals surface area contributed by atoms with Gasteiger partial charge < -0.3 is 4.98 Å². The molecule has 0 bridgehead atoms. The first kappa shape index (κ1) is 11.9. The maximum absolute atomic E-state index is 12.3. The van der Waals surface area contributed by atoms with Gasteiger partial charge in [-0.15, -0.1) is 0 Å². The molecule has 0 aliphatic carbocycles. The van der Waals surface area contributed by atoms with Gasteiger partial charge in [-0.05, 0) is 18.8 Å². The van der Waals surface area contributed by atoms with E-state index in [2.05, 4.69) is 23.8 Å². The van der Waals surface area contributed by atoms with Gasteiger partial charge in [0.2, 0.25) is 5.78 Å². The smallest absolute Gasteiger partial charge is 0.262 e. The average molecular weight is 233 g/mol. The second kappa shape index (κ2) is 4.35. The second-order valence-corrected chi connectivity index (χ2v) is 4.61. The van der Waals surface area contributed by atoms with Crippen molar-refractivity contribution >= 4 is 5.78 Å². The highest BCUT2D eigenvalue weighted by Gasteiger charge is 2.12. The van der Waals surface area contributed by atoms with Crippen molar-refractivity contribution in [2.75, 3.05) is 0 Å². The summed E-state index contributed by atoms with van der Waals surface area (Å²) in [5, 5.41) is 0. The first-order valence-corrected chi connectivity index (χ1v) is 6.21. The Labute approximate surface area is 101 Å². The van der Waals surface area contributed by atoms with E-state index in [0.29, 0.717) is 11.7 Å². The fourth-order valence-electron chi connectivity index (χ4n) is 2.06. The third-order valence-electron chi connectivity index (χ3n) is 3.13. The van der Waals surface area contributed by atoms with E-state index in [-0.39, 0.29) is 5.56 Å². The lowest BCUT2D eigenvalue weighted by molar-refractivity contribution is 0.833. The molecule has 0 atom stereocenters. The van der Waals surface area contributed by atoms with Gasteiger partial charge in [-0.25, -0.2) is 4.98 Å². The number of hydrogen-bond donors (Lipinski definition) is 1. The van der Waals surface area contributed by atoms with Gasteiger partial charge in [-0.2, -0.15) is 0 Å². The van der Waals surface area contributed by atoms with Crippen molar-refractivity contribution in [3.05, 3.63) is 33.5 Å². The summed E-state index contributed by atoms with van der Waals surface area (Å²) in [6, 6.07) is 0. The standard InChI is InChI=1S/C13H19N3O/c1-5-9-10(6-2)14-13-15-11(8(3)4)7-16(13)12(9)17/h7-8H,5-6H2,1-4H3,(H,14,15). The normalized spacial score (nSPS) is 11.6. The van der Waals surface area contributed by atoms with Gasteiger partial charge in [0, 0.05) is 17.5 Å². The van der Waals surface area contributed by atoms with Crippen molar-refractivity contribution in [1.29, 1.82) is 0 Å². The van der Waals surface area contributed by atoms with E-state index in [1.54, 1.807) is 4.40 Å². The maximum Gasteiger partial charge on any atom is 0.262 e. The molecule has 2 aromatic rings. The fourth-order valence-corrected chi connectivity index (χ4v) is 2.06. The summed E-state index contributed by atoms with van der Waals surface area (Å²) in [5.74, 6) is 1.03. The zero-order chi connectivity index (χ0) is 12.6. The van der Waals surface area contributed by atoms with E-state index in [1.807, 2.05) is 20.0 Å². The van der Waals surface area contributed by atoms with Crippen LogP contribution in [0.15, 0.2) is 11.0 Å². The Kier molecular flexibility index (Phi) is 3.05. The van der Waals surface area contributed by atoms with Crippen LogP contribution in [0, 0.1) is 0 Å². The SMILES string of the molecule is CCc1nc2[nH]c(C(C)C)cn2c(=O)c1CC. The molecule has 2 heterocycles. The van der Waals surface area contributed by atoms with Crippen LogP contribution in [0.25, 0.3) is 5.78 Å². The molecule has 4 heteroatoms. The highest BCUT2D eigenvalue weighted by molar-refractivity contribution is 5.36. The van der Waals surface area contributed by atoms with Crippen LogP contribution in [0.4, 0.5) is 0 Å². The molecule has 0 saturated carbocycles. The predicted molar refractivity (Wildman–Crippen MR) is 68.7 cm³/mol. The van der Waals surface area contributed by atoms with Gasteiger partial charge in [-0.3, -0.25) is 9.20 Å². The first-order chi connectivity index (χ1) is 8.08. The molecular formula is C13H19N3O. The van der Waals surface area contributed by atoms with Crippen molar-refractivity contribution in [3.63, 3.8) is 0 Å². The summed E-state index contributed by atoms with van der Waals surface area (Å²) in [6.45, 7) is 8.22. The monoisotopic (exact) mass is 233 g/mol. The minimum absolute atomic E-state index is 0.0671. The van der Waals surface area contributed by atoms with Gasteiger partial charge in [0.05, 0.1) is 5.69 Å². The third kappa shape index (κ3) is 1.88. The van der Waals surface area contributed by atoms with Crippen LogP contribution in [0.5, 0.6) is 0 Å². The molecule has 0 aromatic carbocycles. The summed E-state index contributed by atoms with van der Waals surface area (Å²) in [4.78, 5) is 20.0. The quantitative estimate of drug-likeness (QED) is 0.884. The molecule has 0 amide bonds. The molecule has 4 nitrogen and oxygen atoms in total. The van der Waals surface area contributed by atoms with Gasteiger partial charge >= 0.3 is 0 Å². The van der Waals surface area contributed by atoms with E-state index in [1.165, 1.54) is 0 Å². The predicted octanol–water partition coefficient (Wildman–Crippen LogP) is 2.27. The summed E-state index contributed by atoms with van der Waals surface area (Å²) < 4.78 is 1.63. The van der Waals surface area contributed by atoms with Gasteiger partial charge in [-0.1, -0.05) is 27.7 Å². The maximum atomic E-state index is 12.3. The lowest BCUT2D eigenvalue weighted by Crippen LogP contribution is -2.20. The van der Waals surface area contributed by atoms with Crippen molar-refractivity contribution in [2.45, 2.75) is 46.5 Å². The molecule has 0 aliphatic rings. The minimum atomic E-state index is 0.0671. The molecule has 2 rings (SSSR count). The Morgan fingerprint density at radius 2 is 2.06 bits per heavy atom. The molecule has 92 valence electrons. The number of hydrogen-bond acceptors (Lipinski definition) is 2. The lowest BCUT2D eigenvalue weighted by atomic mass is 10.1. The zero-order valence-electron chi connectivity index (χ0n) is 10.9. The second-order valence-electron chi connectivity index (χ2n) is 4.61. The number of aryl methyl sites for hydroxylation is 1. The summed E-state index contributed by atoms with van der Waals surface area (Å²) in [5.41, 5.74) is 2.86. The molecule has 0 spiro atoms. The fraction of sp³-hybridized carbons (Fsp3) is 0.538. The molecule has 0 aliphatic heterocycles. The molecule has 0 radical (unpaired) electrons. The van der Waals surface area contributed by atoms with Gasteiger partial charge in [0.1, 0.15) is 0 Å². The van der Waals surface area contributed by atoms with Gasteiger partial charge in [0.15, 0.2) is 0 Å². The third-order valence-corrected chi connectivity index (χ3v) is 3.13. The Hall–Kier alpha value is -1.58. The summed E-state index contributed by atoms with van der Waals surface area (Å²) >= 11 is 0. The van der Waals surface area contributed by atoms with Crippen LogP contribution in [-0.2, 0) is 12.8 Å². The minimum Gasteiger partial charge on any atom is -0.327 e. The van der Waals surface area contributed by atoms with Crippen molar-refractivity contribution in [2.24, 2.45) is 0 Å². The Bertz CT molecular complexity index is 592. The Morgan fingerprint density at radius 1 is 1.35 bits per heavy atom. The van der Waals surface area contributed by atoms with E-state index < -0.39 is 0 Å². The molecular weight excluding hydrogens is 214 g/mol. The number of aromatic nitrogens is 3. The number of nitrogens with zero attached hydrogens (tertiary/aromatic N) is 2. The van der Waals surface area contributed by atoms with E-state index in [9.17, 15) is 4.79 Å². The molecule has 17 heavy (non-hydrogen) atoms. The average Bonchev–Trinajstić information content (AvgIpc) is 2.73. The Morgan fingerprint density at radius 3 is 2.59 bits per heavy atom.